The van der Waals surface area contributed by atoms with E-state index in [0.717, 1.165) is 44.6 Å². The van der Waals surface area contributed by atoms with Crippen molar-refractivity contribution in [1.82, 2.24) is 14.8 Å². The highest BCUT2D eigenvalue weighted by Crippen LogP contribution is 2.40. The maximum atomic E-state index is 13.3. The number of halogens is 1. The van der Waals surface area contributed by atoms with Crippen LogP contribution in [0.1, 0.15) is 47.7 Å². The molecule has 1 aromatic heterocycles. The summed E-state index contributed by atoms with van der Waals surface area (Å²) in [6.45, 7) is 4.82. The first-order chi connectivity index (χ1) is 14.6. The summed E-state index contributed by atoms with van der Waals surface area (Å²) in [5.74, 6) is 2.15. The van der Waals surface area contributed by atoms with Gasteiger partial charge >= 0.3 is 5.37 Å². The molecule has 2 amide bonds. The summed E-state index contributed by atoms with van der Waals surface area (Å²) in [7, 11) is 0. The molecule has 0 unspecified atom stereocenters. The minimum atomic E-state index is -0.392. The van der Waals surface area contributed by atoms with E-state index in [1.165, 1.54) is 0 Å². The van der Waals surface area contributed by atoms with Crippen LogP contribution in [0.15, 0.2) is 12.1 Å². The summed E-state index contributed by atoms with van der Waals surface area (Å²) in [5.41, 5.74) is 1.64. The number of pyridine rings is 1. The van der Waals surface area contributed by atoms with Crippen molar-refractivity contribution in [1.29, 1.82) is 0 Å². The highest BCUT2D eigenvalue weighted by molar-refractivity contribution is 6.62. The Morgan fingerprint density at radius 3 is 2.33 bits per heavy atom. The number of fused-ring (bicyclic) bond motifs is 1. The lowest BCUT2D eigenvalue weighted by Gasteiger charge is -2.23. The van der Waals surface area contributed by atoms with Gasteiger partial charge in [-0.1, -0.05) is 0 Å². The van der Waals surface area contributed by atoms with E-state index in [4.69, 9.17) is 26.1 Å². The van der Waals surface area contributed by atoms with Crippen molar-refractivity contribution in [3.8, 4) is 5.88 Å². The Hall–Kier alpha value is -1.86. The summed E-state index contributed by atoms with van der Waals surface area (Å²) in [6.07, 6.45) is 4.26. The third-order valence-electron chi connectivity index (χ3n) is 6.89. The number of likely N-dealkylation sites (tertiary alicyclic amines) is 2. The van der Waals surface area contributed by atoms with Crippen LogP contribution in [0, 0.1) is 17.8 Å². The van der Waals surface area contributed by atoms with Gasteiger partial charge in [-0.05, 0) is 49.3 Å². The zero-order valence-electron chi connectivity index (χ0n) is 17.1. The molecule has 4 aliphatic rings. The maximum Gasteiger partial charge on any atom is 0.316 e. The van der Waals surface area contributed by atoms with E-state index in [-0.39, 0.29) is 5.91 Å². The molecular formula is C22H28ClN3O4. The smallest absolute Gasteiger partial charge is 0.316 e. The van der Waals surface area contributed by atoms with Crippen LogP contribution in [-0.2, 0) is 4.74 Å². The molecule has 0 aromatic carbocycles. The van der Waals surface area contributed by atoms with Gasteiger partial charge in [-0.25, -0.2) is 4.98 Å². The fraction of sp³-hybridized carbons (Fsp3) is 0.682. The van der Waals surface area contributed by atoms with Crippen molar-refractivity contribution in [3.05, 3.63) is 23.4 Å². The molecule has 0 spiro atoms. The molecule has 1 aliphatic carbocycles. The van der Waals surface area contributed by atoms with Gasteiger partial charge in [-0.2, -0.15) is 0 Å². The number of amides is 2. The summed E-state index contributed by atoms with van der Waals surface area (Å²) in [4.78, 5) is 33.0. The van der Waals surface area contributed by atoms with Crippen molar-refractivity contribution < 1.29 is 19.1 Å². The van der Waals surface area contributed by atoms with Gasteiger partial charge < -0.3 is 19.3 Å². The second-order valence-corrected chi connectivity index (χ2v) is 9.47. The number of nitrogens with zero attached hydrogens (tertiary/aromatic N) is 3. The van der Waals surface area contributed by atoms with Crippen LogP contribution < -0.4 is 4.74 Å². The number of carbonyl (C=O) groups excluding carboxylic acids is 2. The summed E-state index contributed by atoms with van der Waals surface area (Å²) >= 11 is 5.63. The number of rotatable bonds is 5. The van der Waals surface area contributed by atoms with E-state index in [2.05, 4.69) is 0 Å². The summed E-state index contributed by atoms with van der Waals surface area (Å²) < 4.78 is 11.5. The lowest BCUT2D eigenvalue weighted by molar-refractivity contribution is 0.0490. The molecule has 7 nitrogen and oxygen atoms in total. The monoisotopic (exact) mass is 433 g/mol. The van der Waals surface area contributed by atoms with E-state index < -0.39 is 5.37 Å². The SMILES string of the molecule is O=C(Cl)N1C[C@@H]2CN(C(=O)c3cc(OCC4CCOCC4)nc(C4CC4)c3)C[C@H]2C1. The number of hydrogen-bond donors (Lipinski definition) is 0. The molecule has 0 N–H and O–H groups in total. The average molecular weight is 434 g/mol. The third-order valence-corrected chi connectivity index (χ3v) is 7.13. The highest BCUT2D eigenvalue weighted by atomic mass is 35.5. The number of hydrogen-bond acceptors (Lipinski definition) is 5. The lowest BCUT2D eigenvalue weighted by atomic mass is 10.0. The van der Waals surface area contributed by atoms with Crippen LogP contribution in [-0.4, -0.2) is 72.1 Å². The standard InChI is InChI=1S/C22H28ClN3O4/c23-22(28)26-11-17-9-25(10-18(17)12-26)21(27)16-7-19(15-1-2-15)24-20(8-16)30-13-14-3-5-29-6-4-14/h7-8,14-15,17-18H,1-6,9-13H2/t17-,18-/m0/s1. The first-order valence-corrected chi connectivity index (χ1v) is 11.4. The normalized spacial score (nSPS) is 26.7. The Kier molecular flexibility index (Phi) is 5.58. The maximum absolute atomic E-state index is 13.3. The minimum absolute atomic E-state index is 0.0355. The van der Waals surface area contributed by atoms with Gasteiger partial charge in [0.1, 0.15) is 0 Å². The second-order valence-electron chi connectivity index (χ2n) is 9.15. The first-order valence-electron chi connectivity index (χ1n) is 11.0. The molecule has 162 valence electrons. The molecule has 30 heavy (non-hydrogen) atoms. The van der Waals surface area contributed by atoms with Gasteiger partial charge in [0.15, 0.2) is 0 Å². The molecule has 1 aromatic rings. The predicted octanol–water partition coefficient (Wildman–Crippen LogP) is 3.13. The number of ether oxygens (including phenoxy) is 2. The molecule has 8 heteroatoms. The first kappa shape index (κ1) is 20.1. The molecule has 0 radical (unpaired) electrons. The van der Waals surface area contributed by atoms with Crippen molar-refractivity contribution in [2.75, 3.05) is 46.0 Å². The fourth-order valence-corrected chi connectivity index (χ4v) is 5.05. The molecule has 4 fully saturated rings. The third kappa shape index (κ3) is 4.28. The zero-order valence-corrected chi connectivity index (χ0v) is 17.9. The van der Waals surface area contributed by atoms with E-state index in [0.29, 0.717) is 67.9 Å². The zero-order chi connectivity index (χ0) is 20.7. The van der Waals surface area contributed by atoms with Gasteiger partial charge in [0, 0.05) is 74.5 Å². The molecule has 2 atom stereocenters. The minimum Gasteiger partial charge on any atom is -0.477 e. The second kappa shape index (κ2) is 8.35. The van der Waals surface area contributed by atoms with Crippen molar-refractivity contribution >= 4 is 22.9 Å². The van der Waals surface area contributed by atoms with E-state index in [1.807, 2.05) is 11.0 Å². The van der Waals surface area contributed by atoms with Gasteiger partial charge in [0.2, 0.25) is 5.88 Å². The topological polar surface area (TPSA) is 72.0 Å². The van der Waals surface area contributed by atoms with Crippen LogP contribution in [0.2, 0.25) is 0 Å². The Morgan fingerprint density at radius 2 is 1.70 bits per heavy atom. The largest absolute Gasteiger partial charge is 0.477 e. The Morgan fingerprint density at radius 1 is 1.03 bits per heavy atom. The number of carbonyl (C=O) groups is 2. The van der Waals surface area contributed by atoms with E-state index in [1.54, 1.807) is 11.0 Å². The lowest BCUT2D eigenvalue weighted by Crippen LogP contribution is -2.34. The number of aromatic nitrogens is 1. The molecule has 3 aliphatic heterocycles. The Bertz CT molecular complexity index is 811. The average Bonchev–Trinajstić information content (AvgIpc) is 3.41. The van der Waals surface area contributed by atoms with Crippen molar-refractivity contribution in [2.45, 2.75) is 31.6 Å². The van der Waals surface area contributed by atoms with Crippen LogP contribution in [0.3, 0.4) is 0 Å². The molecular weight excluding hydrogens is 406 g/mol. The van der Waals surface area contributed by atoms with Gasteiger partial charge in [0.25, 0.3) is 5.91 Å². The fourth-order valence-electron chi connectivity index (χ4n) is 4.91. The van der Waals surface area contributed by atoms with Crippen molar-refractivity contribution in [2.24, 2.45) is 17.8 Å². The molecule has 0 bridgehead atoms. The predicted molar refractivity (Wildman–Crippen MR) is 111 cm³/mol. The molecule has 3 saturated heterocycles. The van der Waals surface area contributed by atoms with Crippen LogP contribution in [0.4, 0.5) is 4.79 Å². The van der Waals surface area contributed by atoms with Crippen LogP contribution in [0.5, 0.6) is 5.88 Å². The Labute approximate surface area is 181 Å². The van der Waals surface area contributed by atoms with Gasteiger partial charge in [-0.3, -0.25) is 9.59 Å². The van der Waals surface area contributed by atoms with Gasteiger partial charge in [-0.15, -0.1) is 0 Å². The summed E-state index contributed by atoms with van der Waals surface area (Å²) in [5, 5.41) is -0.392. The van der Waals surface area contributed by atoms with Gasteiger partial charge in [0.05, 0.1) is 6.61 Å². The molecule has 1 saturated carbocycles. The molecule has 5 rings (SSSR count). The highest BCUT2D eigenvalue weighted by Gasteiger charge is 2.43. The van der Waals surface area contributed by atoms with E-state index in [9.17, 15) is 9.59 Å². The summed E-state index contributed by atoms with van der Waals surface area (Å²) in [6, 6.07) is 3.75. The Balaban J connectivity index is 1.27. The van der Waals surface area contributed by atoms with Crippen molar-refractivity contribution in [3.63, 3.8) is 0 Å². The quantitative estimate of drug-likeness (QED) is 0.527. The molecule has 4 heterocycles. The van der Waals surface area contributed by atoms with E-state index >= 15 is 0 Å². The van der Waals surface area contributed by atoms with Crippen LogP contribution in [0.25, 0.3) is 0 Å². The van der Waals surface area contributed by atoms with Crippen LogP contribution >= 0.6 is 11.6 Å².